The summed E-state index contributed by atoms with van der Waals surface area (Å²) in [7, 11) is 1.65. The van der Waals surface area contributed by atoms with Gasteiger partial charge in [0, 0.05) is 18.0 Å². The minimum absolute atomic E-state index is 0.111. The number of benzene rings is 2. The van der Waals surface area contributed by atoms with Crippen LogP contribution in [0.15, 0.2) is 53.4 Å². The number of nitrogens with zero attached hydrogens (tertiary/aromatic N) is 1. The first-order chi connectivity index (χ1) is 9.76. The molecule has 0 saturated heterocycles. The van der Waals surface area contributed by atoms with Crippen LogP contribution in [-0.4, -0.2) is 17.2 Å². The van der Waals surface area contributed by atoms with Crippen molar-refractivity contribution in [2.45, 2.75) is 18.0 Å². The van der Waals surface area contributed by atoms with E-state index in [0.717, 1.165) is 16.2 Å². The van der Waals surface area contributed by atoms with Crippen LogP contribution in [0.4, 0.5) is 4.79 Å². The molecule has 0 aromatic heterocycles. The molecule has 20 heavy (non-hydrogen) atoms. The van der Waals surface area contributed by atoms with E-state index in [9.17, 15) is 4.79 Å². The molecule has 0 N–H and O–H groups in total. The summed E-state index contributed by atoms with van der Waals surface area (Å²) in [6.45, 7) is 1.30. The van der Waals surface area contributed by atoms with Gasteiger partial charge in [0.2, 0.25) is 0 Å². The van der Waals surface area contributed by atoms with Crippen molar-refractivity contribution in [3.8, 4) is 5.75 Å². The maximum atomic E-state index is 12.1. The first kappa shape index (κ1) is 13.1. The average Bonchev–Trinajstić information content (AvgIpc) is 2.49. The van der Waals surface area contributed by atoms with Gasteiger partial charge in [0.1, 0.15) is 5.75 Å². The number of carbonyl (C=O) groups is 1. The van der Waals surface area contributed by atoms with Crippen LogP contribution < -0.4 is 4.74 Å². The van der Waals surface area contributed by atoms with Crippen molar-refractivity contribution in [1.82, 2.24) is 4.90 Å². The van der Waals surface area contributed by atoms with Crippen molar-refractivity contribution in [1.29, 1.82) is 0 Å². The zero-order chi connectivity index (χ0) is 13.9. The number of rotatable bonds is 3. The summed E-state index contributed by atoms with van der Waals surface area (Å²) in [5.41, 5.74) is 2.32. The largest absolute Gasteiger partial charge is 0.497 e. The minimum atomic E-state index is 0.111. The monoisotopic (exact) mass is 285 g/mol. The molecule has 3 nitrogen and oxygen atoms in total. The van der Waals surface area contributed by atoms with Crippen LogP contribution in [0.1, 0.15) is 11.1 Å². The van der Waals surface area contributed by atoms with Crippen molar-refractivity contribution in [3.63, 3.8) is 0 Å². The summed E-state index contributed by atoms with van der Waals surface area (Å²) in [6.07, 6.45) is 0. The normalized spacial score (nSPS) is 14.1. The molecule has 0 fully saturated rings. The topological polar surface area (TPSA) is 29.5 Å². The van der Waals surface area contributed by atoms with Crippen LogP contribution in [0, 0.1) is 0 Å². The molecule has 2 aromatic rings. The summed E-state index contributed by atoms with van der Waals surface area (Å²) < 4.78 is 5.14. The highest BCUT2D eigenvalue weighted by atomic mass is 32.2. The lowest BCUT2D eigenvalue weighted by Gasteiger charge is -2.28. The van der Waals surface area contributed by atoms with Gasteiger partial charge in [-0.2, -0.15) is 0 Å². The van der Waals surface area contributed by atoms with Crippen LogP contribution in [0.2, 0.25) is 0 Å². The summed E-state index contributed by atoms with van der Waals surface area (Å²) >= 11 is 1.31. The molecule has 2 aromatic carbocycles. The van der Waals surface area contributed by atoms with E-state index in [0.29, 0.717) is 13.1 Å². The Balaban J connectivity index is 1.76. The molecule has 1 aliphatic rings. The van der Waals surface area contributed by atoms with Crippen LogP contribution in [0.25, 0.3) is 0 Å². The Hall–Kier alpha value is -1.94. The number of thioether (sulfide) groups is 1. The van der Waals surface area contributed by atoms with E-state index in [4.69, 9.17) is 4.74 Å². The predicted molar refractivity (Wildman–Crippen MR) is 79.9 cm³/mol. The molecule has 0 spiro atoms. The van der Waals surface area contributed by atoms with E-state index in [1.807, 2.05) is 47.4 Å². The fourth-order valence-electron chi connectivity index (χ4n) is 2.23. The lowest BCUT2D eigenvalue weighted by Crippen LogP contribution is -2.29. The van der Waals surface area contributed by atoms with Gasteiger partial charge >= 0.3 is 0 Å². The van der Waals surface area contributed by atoms with Crippen molar-refractivity contribution < 1.29 is 9.53 Å². The molecule has 0 bridgehead atoms. The lowest BCUT2D eigenvalue weighted by atomic mass is 10.1. The van der Waals surface area contributed by atoms with Gasteiger partial charge < -0.3 is 9.64 Å². The third-order valence-corrected chi connectivity index (χ3v) is 4.37. The van der Waals surface area contributed by atoms with E-state index in [1.165, 1.54) is 17.3 Å². The smallest absolute Gasteiger partial charge is 0.287 e. The molecule has 3 rings (SSSR count). The van der Waals surface area contributed by atoms with Crippen molar-refractivity contribution in [2.75, 3.05) is 7.11 Å². The van der Waals surface area contributed by atoms with Crippen molar-refractivity contribution in [2.24, 2.45) is 0 Å². The second-order valence-corrected chi connectivity index (χ2v) is 5.67. The molecule has 102 valence electrons. The molecule has 0 aliphatic carbocycles. The fourth-order valence-corrected chi connectivity index (χ4v) is 3.09. The van der Waals surface area contributed by atoms with Gasteiger partial charge in [0.15, 0.2) is 0 Å². The van der Waals surface area contributed by atoms with Crippen molar-refractivity contribution >= 4 is 17.0 Å². The highest BCUT2D eigenvalue weighted by molar-refractivity contribution is 8.13. The molecule has 1 aliphatic heterocycles. The molecule has 1 amide bonds. The molecule has 0 unspecified atom stereocenters. The van der Waals surface area contributed by atoms with Gasteiger partial charge in [0.05, 0.1) is 7.11 Å². The Labute approximate surface area is 122 Å². The van der Waals surface area contributed by atoms with Gasteiger partial charge in [-0.05, 0) is 41.1 Å². The quantitative estimate of drug-likeness (QED) is 0.856. The summed E-state index contributed by atoms with van der Waals surface area (Å²) in [4.78, 5) is 15.1. The summed E-state index contributed by atoms with van der Waals surface area (Å²) in [5, 5.41) is 0.111. The maximum absolute atomic E-state index is 12.1. The number of carbonyl (C=O) groups excluding carboxylic acids is 1. The van der Waals surface area contributed by atoms with E-state index in [2.05, 4.69) is 6.07 Å². The predicted octanol–water partition coefficient (Wildman–Crippen LogP) is 3.92. The van der Waals surface area contributed by atoms with Gasteiger partial charge in [0.25, 0.3) is 5.24 Å². The van der Waals surface area contributed by atoms with E-state index < -0.39 is 0 Å². The number of fused-ring (bicyclic) bond motifs is 1. The lowest BCUT2D eigenvalue weighted by molar-refractivity contribution is 0.216. The first-order valence-corrected chi connectivity index (χ1v) is 7.25. The van der Waals surface area contributed by atoms with Gasteiger partial charge in [-0.15, -0.1) is 0 Å². The Bertz CT molecular complexity index is 625. The number of ether oxygens (including phenoxy) is 1. The van der Waals surface area contributed by atoms with Crippen LogP contribution in [0.3, 0.4) is 0 Å². The second kappa shape index (κ2) is 5.59. The van der Waals surface area contributed by atoms with Crippen LogP contribution in [0.5, 0.6) is 5.75 Å². The average molecular weight is 285 g/mol. The second-order valence-electron chi connectivity index (χ2n) is 4.68. The molecule has 0 atom stereocenters. The Morgan fingerprint density at radius 3 is 2.65 bits per heavy atom. The molecule has 1 heterocycles. The number of methoxy groups -OCH3 is 1. The molecular formula is C16H15NO2S. The standard InChI is InChI=1S/C16H15NO2S/c1-19-14-8-6-12(7-9-14)10-17-11-13-4-2-3-5-15(13)20-16(17)18/h2-9H,10-11H2,1H3. The third kappa shape index (κ3) is 2.65. The molecule has 0 radical (unpaired) electrons. The molecule has 0 saturated carbocycles. The highest BCUT2D eigenvalue weighted by Crippen LogP contribution is 2.32. The minimum Gasteiger partial charge on any atom is -0.497 e. The highest BCUT2D eigenvalue weighted by Gasteiger charge is 2.23. The van der Waals surface area contributed by atoms with Gasteiger partial charge in [-0.3, -0.25) is 4.79 Å². The molecular weight excluding hydrogens is 270 g/mol. The maximum Gasteiger partial charge on any atom is 0.287 e. The Morgan fingerprint density at radius 1 is 1.15 bits per heavy atom. The Morgan fingerprint density at radius 2 is 1.90 bits per heavy atom. The van der Waals surface area contributed by atoms with Gasteiger partial charge in [-0.25, -0.2) is 0 Å². The molecule has 4 heteroatoms. The first-order valence-electron chi connectivity index (χ1n) is 6.44. The van der Waals surface area contributed by atoms with Crippen LogP contribution in [-0.2, 0) is 13.1 Å². The number of hydrogen-bond acceptors (Lipinski definition) is 3. The summed E-state index contributed by atoms with van der Waals surface area (Å²) in [5.74, 6) is 0.832. The van der Waals surface area contributed by atoms with E-state index in [1.54, 1.807) is 7.11 Å². The van der Waals surface area contributed by atoms with Crippen molar-refractivity contribution in [3.05, 3.63) is 59.7 Å². The third-order valence-electron chi connectivity index (χ3n) is 3.32. The van der Waals surface area contributed by atoms with E-state index in [-0.39, 0.29) is 5.24 Å². The Kier molecular flexibility index (Phi) is 3.65. The van der Waals surface area contributed by atoms with Crippen LogP contribution >= 0.6 is 11.8 Å². The number of hydrogen-bond donors (Lipinski definition) is 0. The number of amides is 1. The SMILES string of the molecule is COc1ccc(CN2Cc3ccccc3SC2=O)cc1. The van der Waals surface area contributed by atoms with Gasteiger partial charge in [-0.1, -0.05) is 30.3 Å². The van der Waals surface area contributed by atoms with E-state index >= 15 is 0 Å². The fraction of sp³-hybridized carbons (Fsp3) is 0.188. The zero-order valence-electron chi connectivity index (χ0n) is 11.2. The summed E-state index contributed by atoms with van der Waals surface area (Å²) in [6, 6.07) is 15.9. The zero-order valence-corrected chi connectivity index (χ0v) is 12.0.